The molecule has 1 amide bonds. The lowest BCUT2D eigenvalue weighted by molar-refractivity contribution is 0.102. The van der Waals surface area contributed by atoms with Gasteiger partial charge in [0.05, 0.1) is 0 Å². The zero-order valence-corrected chi connectivity index (χ0v) is 19.6. The van der Waals surface area contributed by atoms with Crippen LogP contribution in [-0.4, -0.2) is 38.1 Å². The second kappa shape index (κ2) is 9.34. The number of fused-ring (bicyclic) bond motifs is 1. The highest BCUT2D eigenvalue weighted by atomic mass is 16.2. The van der Waals surface area contributed by atoms with Gasteiger partial charge in [0.1, 0.15) is 5.69 Å². The second-order valence-corrected chi connectivity index (χ2v) is 8.32. The van der Waals surface area contributed by atoms with Crippen molar-refractivity contribution in [1.29, 1.82) is 0 Å². The number of rotatable bonds is 6. The molecule has 1 N–H and O–H groups in total. The quantitative estimate of drug-likeness (QED) is 0.348. The number of aromatic nitrogens is 4. The zero-order valence-electron chi connectivity index (χ0n) is 19.6. The number of hydrogen-bond donors (Lipinski definition) is 1. The Bertz CT molecular complexity index is 1640. The van der Waals surface area contributed by atoms with Gasteiger partial charge >= 0.3 is 0 Å². The van der Waals surface area contributed by atoms with E-state index in [0.29, 0.717) is 34.6 Å². The Hall–Kier alpha value is -4.98. The average molecular weight is 476 g/mol. The topological polar surface area (TPSA) is 106 Å². The molecule has 5 rings (SSSR count). The van der Waals surface area contributed by atoms with Crippen LogP contribution < -0.4 is 5.32 Å². The van der Waals surface area contributed by atoms with Crippen LogP contribution in [0.25, 0.3) is 28.2 Å². The van der Waals surface area contributed by atoms with Crippen LogP contribution in [0.2, 0.25) is 0 Å². The summed E-state index contributed by atoms with van der Waals surface area (Å²) in [6, 6.07) is 18.2. The van der Waals surface area contributed by atoms with E-state index in [2.05, 4.69) is 20.4 Å². The van der Waals surface area contributed by atoms with E-state index >= 15 is 0 Å². The number of hydrogen-bond acceptors (Lipinski definition) is 6. The Labute approximate surface area is 206 Å². The van der Waals surface area contributed by atoms with Crippen LogP contribution in [0.3, 0.4) is 0 Å². The first kappa shape index (κ1) is 22.8. The summed E-state index contributed by atoms with van der Waals surface area (Å²) in [5, 5.41) is 7.50. The molecular formula is C28H21N5O3. The van der Waals surface area contributed by atoms with Crippen molar-refractivity contribution >= 4 is 29.8 Å². The number of carbonyl (C=O) groups excluding carboxylic acids is 3. The monoisotopic (exact) mass is 475 g/mol. The van der Waals surface area contributed by atoms with Gasteiger partial charge in [-0.3, -0.25) is 19.4 Å². The second-order valence-electron chi connectivity index (χ2n) is 8.32. The van der Waals surface area contributed by atoms with E-state index in [4.69, 9.17) is 0 Å². The van der Waals surface area contributed by atoms with Crippen LogP contribution in [0.15, 0.2) is 73.1 Å². The lowest BCUT2D eigenvalue weighted by Gasteiger charge is -2.15. The van der Waals surface area contributed by atoms with Crippen molar-refractivity contribution in [1.82, 2.24) is 19.6 Å². The number of nitrogens with one attached hydrogen (secondary N) is 1. The van der Waals surface area contributed by atoms with E-state index in [1.807, 2.05) is 50.2 Å². The molecular weight excluding hydrogens is 454 g/mol. The number of carbonyl (C=O) groups is 3. The van der Waals surface area contributed by atoms with E-state index < -0.39 is 0 Å². The molecule has 0 radical (unpaired) electrons. The largest absolute Gasteiger partial charge is 0.320 e. The summed E-state index contributed by atoms with van der Waals surface area (Å²) in [4.78, 5) is 43.4. The highest BCUT2D eigenvalue weighted by Gasteiger charge is 2.16. The predicted octanol–water partition coefficient (Wildman–Crippen LogP) is 4.95. The number of aldehydes is 2. The molecule has 0 bridgehead atoms. The molecule has 0 aliphatic heterocycles. The summed E-state index contributed by atoms with van der Waals surface area (Å²) in [5.41, 5.74) is 7.17. The Morgan fingerprint density at radius 2 is 1.53 bits per heavy atom. The van der Waals surface area contributed by atoms with Crippen LogP contribution in [-0.2, 0) is 0 Å². The van der Waals surface area contributed by atoms with Gasteiger partial charge in [-0.05, 0) is 66.4 Å². The van der Waals surface area contributed by atoms with Crippen molar-refractivity contribution in [3.63, 3.8) is 0 Å². The minimum absolute atomic E-state index is 0.222. The van der Waals surface area contributed by atoms with E-state index in [0.717, 1.165) is 34.1 Å². The minimum Gasteiger partial charge on any atom is -0.320 e. The van der Waals surface area contributed by atoms with Gasteiger partial charge in [-0.25, -0.2) is 9.50 Å². The maximum atomic E-state index is 12.7. The molecule has 8 nitrogen and oxygen atoms in total. The minimum atomic E-state index is -0.359. The van der Waals surface area contributed by atoms with Crippen molar-refractivity contribution in [2.75, 3.05) is 5.32 Å². The lowest BCUT2D eigenvalue weighted by atomic mass is 9.92. The van der Waals surface area contributed by atoms with Crippen LogP contribution >= 0.6 is 0 Å². The molecule has 0 unspecified atom stereocenters. The van der Waals surface area contributed by atoms with Crippen molar-refractivity contribution in [2.45, 2.75) is 13.8 Å². The van der Waals surface area contributed by atoms with E-state index in [1.54, 1.807) is 28.9 Å². The molecule has 0 spiro atoms. The molecule has 0 fully saturated rings. The SMILES string of the molecule is Cc1c(NC(=O)c2ccc(C=O)cn2)cccc1-c1cccc(-c2nc3ccc(C=O)cn3n2)c1C. The number of amides is 1. The molecule has 0 aliphatic carbocycles. The highest BCUT2D eigenvalue weighted by Crippen LogP contribution is 2.34. The van der Waals surface area contributed by atoms with E-state index in [-0.39, 0.29) is 11.6 Å². The Kier molecular flexibility index (Phi) is 5.92. The lowest BCUT2D eigenvalue weighted by Crippen LogP contribution is -2.14. The van der Waals surface area contributed by atoms with Gasteiger partial charge in [0.15, 0.2) is 24.0 Å². The molecule has 5 aromatic rings. The maximum Gasteiger partial charge on any atom is 0.274 e. The number of anilines is 1. The predicted molar refractivity (Wildman–Crippen MR) is 136 cm³/mol. The maximum absolute atomic E-state index is 12.7. The third kappa shape index (κ3) is 4.16. The summed E-state index contributed by atoms with van der Waals surface area (Å²) in [5.74, 6) is 0.200. The smallest absolute Gasteiger partial charge is 0.274 e. The van der Waals surface area contributed by atoms with Crippen molar-refractivity contribution in [3.05, 3.63) is 101 Å². The number of benzene rings is 2. The standard InChI is InChI=1S/C28H21N5O3/c1-17-21(5-3-7-23(17)27-31-26-12-10-20(16-35)14-33(26)32-27)22-6-4-8-24(18(22)2)30-28(36)25-11-9-19(15-34)13-29-25/h3-16H,1-2H3,(H,30,36). The molecule has 36 heavy (non-hydrogen) atoms. The fourth-order valence-electron chi connectivity index (χ4n) is 4.11. The van der Waals surface area contributed by atoms with Gasteiger partial charge in [0.25, 0.3) is 5.91 Å². The molecule has 2 aromatic carbocycles. The van der Waals surface area contributed by atoms with Gasteiger partial charge in [-0.1, -0.05) is 30.3 Å². The van der Waals surface area contributed by atoms with Gasteiger partial charge in [-0.15, -0.1) is 5.10 Å². The summed E-state index contributed by atoms with van der Waals surface area (Å²) >= 11 is 0. The fourth-order valence-corrected chi connectivity index (χ4v) is 4.11. The van der Waals surface area contributed by atoms with Crippen molar-refractivity contribution < 1.29 is 14.4 Å². The van der Waals surface area contributed by atoms with Gasteiger partial charge in [0, 0.05) is 34.8 Å². The Morgan fingerprint density at radius 3 is 2.25 bits per heavy atom. The summed E-state index contributed by atoms with van der Waals surface area (Å²) < 4.78 is 1.60. The van der Waals surface area contributed by atoms with Crippen LogP contribution in [0.5, 0.6) is 0 Å². The first-order valence-corrected chi connectivity index (χ1v) is 11.2. The van der Waals surface area contributed by atoms with Gasteiger partial charge in [-0.2, -0.15) is 0 Å². The summed E-state index contributed by atoms with van der Waals surface area (Å²) in [6.45, 7) is 3.96. The molecule has 3 heterocycles. The summed E-state index contributed by atoms with van der Waals surface area (Å²) in [6.07, 6.45) is 4.48. The molecule has 3 aromatic heterocycles. The van der Waals surface area contributed by atoms with E-state index in [9.17, 15) is 14.4 Å². The van der Waals surface area contributed by atoms with E-state index in [1.165, 1.54) is 12.3 Å². The average Bonchev–Trinajstić information content (AvgIpc) is 3.33. The third-order valence-corrected chi connectivity index (χ3v) is 6.09. The van der Waals surface area contributed by atoms with Crippen molar-refractivity contribution in [3.8, 4) is 22.5 Å². The fraction of sp³-hybridized carbons (Fsp3) is 0.0714. The normalized spacial score (nSPS) is 10.8. The third-order valence-electron chi connectivity index (χ3n) is 6.09. The molecule has 0 saturated carbocycles. The molecule has 176 valence electrons. The van der Waals surface area contributed by atoms with Crippen LogP contribution in [0.4, 0.5) is 5.69 Å². The number of nitrogens with zero attached hydrogens (tertiary/aromatic N) is 4. The zero-order chi connectivity index (χ0) is 25.2. The van der Waals surface area contributed by atoms with Crippen LogP contribution in [0.1, 0.15) is 42.3 Å². The summed E-state index contributed by atoms with van der Waals surface area (Å²) in [7, 11) is 0. The van der Waals surface area contributed by atoms with Crippen molar-refractivity contribution in [2.24, 2.45) is 0 Å². The molecule has 0 aliphatic rings. The molecule has 0 saturated heterocycles. The Balaban J connectivity index is 1.50. The van der Waals surface area contributed by atoms with Gasteiger partial charge < -0.3 is 5.32 Å². The highest BCUT2D eigenvalue weighted by molar-refractivity contribution is 6.04. The van der Waals surface area contributed by atoms with Gasteiger partial charge in [0.2, 0.25) is 0 Å². The number of pyridine rings is 2. The molecule has 8 heteroatoms. The Morgan fingerprint density at radius 1 is 0.833 bits per heavy atom. The molecule has 0 atom stereocenters. The first-order valence-electron chi connectivity index (χ1n) is 11.2. The van der Waals surface area contributed by atoms with Crippen LogP contribution in [0, 0.1) is 13.8 Å². The first-order chi connectivity index (χ1) is 17.5.